The number of fused-ring (bicyclic) bond motifs is 4. The largest absolute Gasteiger partial charge is 0.310 e. The van der Waals surface area contributed by atoms with Crippen molar-refractivity contribution in [2.45, 2.75) is 27.2 Å². The highest BCUT2D eigenvalue weighted by Crippen LogP contribution is 2.43. The first-order chi connectivity index (χ1) is 23.1. The van der Waals surface area contributed by atoms with E-state index in [4.69, 9.17) is 0 Å². The first-order valence-corrected chi connectivity index (χ1v) is 17.3. The van der Waals surface area contributed by atoms with Crippen LogP contribution in [-0.2, 0) is 0 Å². The molecule has 0 N–H and O–H groups in total. The van der Waals surface area contributed by atoms with Gasteiger partial charge in [-0.05, 0) is 90.3 Å². The molecule has 0 atom stereocenters. The lowest BCUT2D eigenvalue weighted by molar-refractivity contribution is 1.30. The van der Waals surface area contributed by atoms with E-state index in [0.717, 1.165) is 6.42 Å². The molecule has 1 nitrogen and oxygen atoms in total. The molecule has 0 bridgehead atoms. The molecule has 0 unspecified atom stereocenters. The zero-order chi connectivity index (χ0) is 31.9. The maximum atomic E-state index is 2.50. The summed E-state index contributed by atoms with van der Waals surface area (Å²) in [7, 11) is 0. The van der Waals surface area contributed by atoms with Gasteiger partial charge in [-0.15, -0.1) is 11.3 Å². The molecule has 0 saturated heterocycles. The Hall–Kier alpha value is -5.12. The van der Waals surface area contributed by atoms with Crippen molar-refractivity contribution in [1.29, 1.82) is 0 Å². The molecule has 5 aromatic carbocycles. The molecule has 226 valence electrons. The predicted octanol–water partition coefficient (Wildman–Crippen LogP) is 10.2. The number of allylic oxidation sites excluding steroid dienone is 8. The summed E-state index contributed by atoms with van der Waals surface area (Å²) in [5.41, 5.74) is 15.5. The third kappa shape index (κ3) is 5.03. The van der Waals surface area contributed by atoms with Crippen LogP contribution in [0.4, 0.5) is 17.1 Å². The topological polar surface area (TPSA) is 3.24 Å². The van der Waals surface area contributed by atoms with Gasteiger partial charge in [-0.25, -0.2) is 0 Å². The van der Waals surface area contributed by atoms with E-state index in [1.807, 2.05) is 11.3 Å². The lowest BCUT2D eigenvalue weighted by atomic mass is 9.36. The fourth-order valence-corrected chi connectivity index (χ4v) is 8.81. The van der Waals surface area contributed by atoms with Crippen LogP contribution in [0, 0.1) is 13.8 Å². The Morgan fingerprint density at radius 3 is 2.32 bits per heavy atom. The van der Waals surface area contributed by atoms with E-state index in [0.29, 0.717) is 0 Å². The molecule has 1 aliphatic heterocycles. The van der Waals surface area contributed by atoms with E-state index in [1.165, 1.54) is 81.8 Å². The number of para-hydroxylation sites is 1. The summed E-state index contributed by atoms with van der Waals surface area (Å²) in [5.74, 6) is 0. The van der Waals surface area contributed by atoms with Gasteiger partial charge in [0.15, 0.2) is 0 Å². The maximum absolute atomic E-state index is 2.50. The van der Waals surface area contributed by atoms with Gasteiger partial charge in [-0.3, -0.25) is 0 Å². The van der Waals surface area contributed by atoms with Crippen molar-refractivity contribution in [3.63, 3.8) is 0 Å². The number of benzene rings is 5. The van der Waals surface area contributed by atoms with Crippen molar-refractivity contribution in [3.8, 4) is 0 Å². The van der Waals surface area contributed by atoms with Gasteiger partial charge < -0.3 is 4.90 Å². The Balaban J connectivity index is 1.41. The molecule has 1 aliphatic carbocycles. The summed E-state index contributed by atoms with van der Waals surface area (Å²) in [6, 6.07) is 44.4. The van der Waals surface area contributed by atoms with Gasteiger partial charge in [0.05, 0.1) is 5.69 Å². The summed E-state index contributed by atoms with van der Waals surface area (Å²) in [6.45, 7) is 7.01. The van der Waals surface area contributed by atoms with Crippen LogP contribution in [0.25, 0.3) is 21.2 Å². The molecule has 0 spiro atoms. The van der Waals surface area contributed by atoms with Crippen LogP contribution in [0.15, 0.2) is 157 Å². The smallest absolute Gasteiger partial charge is 0.260 e. The number of rotatable bonds is 5. The van der Waals surface area contributed by atoms with Crippen molar-refractivity contribution < 1.29 is 0 Å². The molecule has 0 saturated carbocycles. The molecule has 3 heteroatoms. The van der Waals surface area contributed by atoms with Crippen molar-refractivity contribution in [1.82, 2.24) is 0 Å². The molecule has 0 radical (unpaired) electrons. The first kappa shape index (κ1) is 29.3. The minimum absolute atomic E-state index is 0.107. The normalized spacial score (nSPS) is 14.4. The quantitative estimate of drug-likeness (QED) is 0.137. The standard InChI is InChI=1S/C44H36BNS/c1-30-18-16-28-39-42(30)45(44-43(37-25-14-15-29-40(37)47-44)46(39)35-23-12-7-13-24-35)38-27-17-26-36(32(38)3)41(34-21-8-4-5-9-22-34)31(2)33-19-10-6-11-20-33/h4,6-29H,5H2,1-3H3/b41-31+. The van der Waals surface area contributed by atoms with E-state index in [-0.39, 0.29) is 6.71 Å². The number of nitrogens with zero attached hydrogens (tertiary/aromatic N) is 1. The Morgan fingerprint density at radius 2 is 1.49 bits per heavy atom. The predicted molar refractivity (Wildman–Crippen MR) is 207 cm³/mol. The van der Waals surface area contributed by atoms with E-state index in [9.17, 15) is 0 Å². The number of hydrogen-bond acceptors (Lipinski definition) is 2. The molecule has 0 amide bonds. The molecule has 2 aliphatic rings. The molecule has 1 aromatic heterocycles. The second-order valence-electron chi connectivity index (χ2n) is 12.5. The summed E-state index contributed by atoms with van der Waals surface area (Å²) < 4.78 is 2.72. The lowest BCUT2D eigenvalue weighted by Crippen LogP contribution is -2.57. The van der Waals surface area contributed by atoms with Gasteiger partial charge in [0.1, 0.15) is 0 Å². The number of anilines is 3. The highest BCUT2D eigenvalue weighted by Gasteiger charge is 2.40. The number of aryl methyl sites for hydroxylation is 1. The van der Waals surface area contributed by atoms with E-state index in [2.05, 4.69) is 177 Å². The van der Waals surface area contributed by atoms with Gasteiger partial charge in [0.2, 0.25) is 0 Å². The van der Waals surface area contributed by atoms with Crippen molar-refractivity contribution >= 4 is 72.0 Å². The van der Waals surface area contributed by atoms with Crippen LogP contribution in [0.2, 0.25) is 0 Å². The van der Waals surface area contributed by atoms with Crippen molar-refractivity contribution in [2.75, 3.05) is 4.90 Å². The van der Waals surface area contributed by atoms with Crippen LogP contribution in [-0.4, -0.2) is 6.71 Å². The third-order valence-electron chi connectivity index (χ3n) is 9.73. The Kier molecular flexibility index (Phi) is 7.63. The molecule has 6 aromatic rings. The molecule has 8 rings (SSSR count). The summed E-state index contributed by atoms with van der Waals surface area (Å²) in [5, 5.41) is 1.31. The number of hydrogen-bond donors (Lipinski definition) is 0. The van der Waals surface area contributed by atoms with Gasteiger partial charge >= 0.3 is 0 Å². The van der Waals surface area contributed by atoms with E-state index >= 15 is 0 Å². The van der Waals surface area contributed by atoms with E-state index in [1.54, 1.807) is 0 Å². The Labute approximate surface area is 282 Å². The van der Waals surface area contributed by atoms with Gasteiger partial charge in [0, 0.05) is 26.2 Å². The van der Waals surface area contributed by atoms with Gasteiger partial charge in [0.25, 0.3) is 6.71 Å². The second-order valence-corrected chi connectivity index (χ2v) is 13.6. The van der Waals surface area contributed by atoms with Crippen molar-refractivity contribution in [3.05, 3.63) is 180 Å². The van der Waals surface area contributed by atoms with Crippen LogP contribution >= 0.6 is 11.3 Å². The summed E-state index contributed by atoms with van der Waals surface area (Å²) >= 11 is 1.94. The first-order valence-electron chi connectivity index (χ1n) is 16.5. The summed E-state index contributed by atoms with van der Waals surface area (Å²) in [6.07, 6.45) is 12.2. The van der Waals surface area contributed by atoms with Crippen molar-refractivity contribution in [2.24, 2.45) is 0 Å². The van der Waals surface area contributed by atoms with Gasteiger partial charge in [-0.2, -0.15) is 0 Å². The van der Waals surface area contributed by atoms with Gasteiger partial charge in [-0.1, -0.05) is 138 Å². The summed E-state index contributed by atoms with van der Waals surface area (Å²) in [4.78, 5) is 2.50. The monoisotopic (exact) mass is 621 g/mol. The second kappa shape index (κ2) is 12.2. The molecule has 2 heterocycles. The SMILES string of the molecule is C/C(=C(/C1=CC=CCC=C1)c1cccc(B2c3sc4ccccc4c3N(c3ccccc3)c3cccc(C)c32)c1C)c1ccccc1. The fraction of sp³-hybridized carbons (Fsp3) is 0.0909. The zero-order valence-corrected chi connectivity index (χ0v) is 27.9. The highest BCUT2D eigenvalue weighted by molar-refractivity contribution is 7.33. The minimum atomic E-state index is 0.107. The van der Waals surface area contributed by atoms with Crippen LogP contribution in [0.1, 0.15) is 35.6 Å². The highest BCUT2D eigenvalue weighted by atomic mass is 32.1. The Morgan fingerprint density at radius 1 is 0.745 bits per heavy atom. The molecule has 47 heavy (non-hydrogen) atoms. The fourth-order valence-electron chi connectivity index (χ4n) is 7.50. The zero-order valence-electron chi connectivity index (χ0n) is 27.1. The number of thiophene rings is 1. The minimum Gasteiger partial charge on any atom is -0.310 e. The molecular formula is C44H36BNS. The van der Waals surface area contributed by atoms with Crippen LogP contribution < -0.4 is 20.6 Å². The maximum Gasteiger partial charge on any atom is 0.260 e. The van der Waals surface area contributed by atoms with E-state index < -0.39 is 0 Å². The lowest BCUT2D eigenvalue weighted by Gasteiger charge is -2.37. The van der Waals surface area contributed by atoms with Crippen LogP contribution in [0.3, 0.4) is 0 Å². The molecular weight excluding hydrogens is 585 g/mol. The Bertz CT molecular complexity index is 2250. The van der Waals surface area contributed by atoms with Crippen LogP contribution in [0.5, 0.6) is 0 Å². The average Bonchev–Trinajstić information content (AvgIpc) is 3.28. The molecule has 0 fully saturated rings. The third-order valence-corrected chi connectivity index (χ3v) is 11.0. The average molecular weight is 622 g/mol.